The van der Waals surface area contributed by atoms with Crippen molar-refractivity contribution >= 4 is 11.9 Å². The Morgan fingerprint density at radius 3 is 2.59 bits per heavy atom. The van der Waals surface area contributed by atoms with E-state index in [9.17, 15) is 14.7 Å². The van der Waals surface area contributed by atoms with Crippen molar-refractivity contribution in [2.45, 2.75) is 57.9 Å². The highest BCUT2D eigenvalue weighted by molar-refractivity contribution is 5.98. The summed E-state index contributed by atoms with van der Waals surface area (Å²) in [6.45, 7) is 4.22. The molecule has 6 heteroatoms. The second-order valence-corrected chi connectivity index (χ2v) is 7.70. The lowest BCUT2D eigenvalue weighted by molar-refractivity contribution is -0.147. The molecular formula is C21H25N3O3. The molecule has 1 atom stereocenters. The number of aromatic nitrogens is 2. The summed E-state index contributed by atoms with van der Waals surface area (Å²) in [7, 11) is 0. The molecule has 0 bridgehead atoms. The first kappa shape index (κ1) is 17.8. The number of likely N-dealkylation sites (tertiary alicyclic amines) is 1. The first-order valence-corrected chi connectivity index (χ1v) is 9.71. The molecule has 1 aliphatic heterocycles. The first-order chi connectivity index (χ1) is 13.0. The fourth-order valence-corrected chi connectivity index (χ4v) is 4.33. The minimum Gasteiger partial charge on any atom is -0.480 e. The molecule has 1 unspecified atom stereocenters. The lowest BCUT2D eigenvalue weighted by Gasteiger charge is -2.30. The van der Waals surface area contributed by atoms with E-state index in [1.165, 1.54) is 10.5 Å². The normalized spacial score (nSPS) is 21.5. The maximum absolute atomic E-state index is 13.3. The van der Waals surface area contributed by atoms with E-state index < -0.39 is 11.5 Å². The van der Waals surface area contributed by atoms with E-state index in [2.05, 4.69) is 24.2 Å². The van der Waals surface area contributed by atoms with Gasteiger partial charge in [-0.25, -0.2) is 9.48 Å². The maximum Gasteiger partial charge on any atom is 0.329 e. The van der Waals surface area contributed by atoms with E-state index in [0.29, 0.717) is 25.1 Å². The smallest absolute Gasteiger partial charge is 0.329 e. The van der Waals surface area contributed by atoms with Gasteiger partial charge in [-0.15, -0.1) is 0 Å². The summed E-state index contributed by atoms with van der Waals surface area (Å²) in [4.78, 5) is 26.5. The van der Waals surface area contributed by atoms with E-state index in [1.54, 1.807) is 6.92 Å². The highest BCUT2D eigenvalue weighted by Gasteiger charge is 2.47. The molecule has 1 aromatic carbocycles. The molecule has 2 aromatic rings. The van der Waals surface area contributed by atoms with Gasteiger partial charge in [0.15, 0.2) is 5.69 Å². The van der Waals surface area contributed by atoms with Crippen LogP contribution in [0.3, 0.4) is 0 Å². The molecule has 2 heterocycles. The molecule has 1 N–H and O–H groups in total. The van der Waals surface area contributed by atoms with Crippen molar-refractivity contribution in [3.05, 3.63) is 46.8 Å². The summed E-state index contributed by atoms with van der Waals surface area (Å²) in [5, 5.41) is 14.3. The van der Waals surface area contributed by atoms with Gasteiger partial charge in [0.25, 0.3) is 5.91 Å². The quantitative estimate of drug-likeness (QED) is 0.901. The molecule has 0 radical (unpaired) electrons. The van der Waals surface area contributed by atoms with E-state index >= 15 is 0 Å². The molecule has 1 saturated heterocycles. The Balaban J connectivity index is 1.74. The van der Waals surface area contributed by atoms with Crippen molar-refractivity contribution < 1.29 is 14.7 Å². The Morgan fingerprint density at radius 1 is 1.19 bits per heavy atom. The van der Waals surface area contributed by atoms with Crippen molar-refractivity contribution in [1.29, 1.82) is 0 Å². The maximum atomic E-state index is 13.3. The van der Waals surface area contributed by atoms with Gasteiger partial charge in [0.2, 0.25) is 0 Å². The van der Waals surface area contributed by atoms with Crippen LogP contribution in [0.15, 0.2) is 24.3 Å². The average Bonchev–Trinajstić information content (AvgIpc) is 3.36. The van der Waals surface area contributed by atoms with Crippen LogP contribution in [0.4, 0.5) is 0 Å². The number of carboxylic acids is 1. The molecule has 1 aliphatic carbocycles. The molecule has 0 saturated carbocycles. The van der Waals surface area contributed by atoms with Crippen molar-refractivity contribution in [3.63, 3.8) is 0 Å². The zero-order valence-electron chi connectivity index (χ0n) is 15.9. The summed E-state index contributed by atoms with van der Waals surface area (Å²) in [5.74, 6) is -1.20. The number of rotatable bonds is 4. The molecule has 4 rings (SSSR count). The van der Waals surface area contributed by atoms with E-state index in [-0.39, 0.29) is 5.91 Å². The Labute approximate surface area is 158 Å². The van der Waals surface area contributed by atoms with E-state index in [4.69, 9.17) is 0 Å². The second-order valence-electron chi connectivity index (χ2n) is 7.70. The van der Waals surface area contributed by atoms with Gasteiger partial charge in [-0.2, -0.15) is 5.10 Å². The number of nitrogens with zero attached hydrogens (tertiary/aromatic N) is 3. The summed E-state index contributed by atoms with van der Waals surface area (Å²) in [5.41, 5.74) is 3.56. The fourth-order valence-electron chi connectivity index (χ4n) is 4.33. The number of carbonyl (C=O) groups is 2. The highest BCUT2D eigenvalue weighted by atomic mass is 16.4. The number of hydrogen-bond donors (Lipinski definition) is 1. The van der Waals surface area contributed by atoms with Crippen LogP contribution in [0, 0.1) is 0 Å². The van der Waals surface area contributed by atoms with Crippen molar-refractivity contribution in [3.8, 4) is 5.69 Å². The van der Waals surface area contributed by atoms with Gasteiger partial charge in [-0.1, -0.05) is 19.1 Å². The average molecular weight is 367 g/mol. The number of carboxylic acid groups (broad SMARTS) is 1. The lowest BCUT2D eigenvalue weighted by Crippen LogP contribution is -2.51. The third kappa shape index (κ3) is 2.74. The Kier molecular flexibility index (Phi) is 4.29. The molecule has 1 fully saturated rings. The standard InChI is InChI=1S/C21H25N3O3/c1-3-14-8-10-15(11-9-14)24-17-7-4-6-16(17)18(22-24)19(25)23-13-5-12-21(23,2)20(26)27/h8-11H,3-7,12-13H2,1-2H3,(H,26,27). The van der Waals surface area contributed by atoms with Crippen LogP contribution in [0.1, 0.15) is 60.4 Å². The Bertz CT molecular complexity index is 900. The largest absolute Gasteiger partial charge is 0.480 e. The molecule has 1 amide bonds. The van der Waals surface area contributed by atoms with Crippen molar-refractivity contribution in [2.24, 2.45) is 0 Å². The third-order valence-electron chi connectivity index (χ3n) is 6.07. The van der Waals surface area contributed by atoms with Gasteiger partial charge in [0.05, 0.1) is 5.69 Å². The lowest BCUT2D eigenvalue weighted by atomic mass is 9.99. The van der Waals surface area contributed by atoms with E-state index in [1.807, 2.05) is 16.8 Å². The molecule has 142 valence electrons. The number of carbonyl (C=O) groups excluding carboxylic acids is 1. The number of fused-ring (bicyclic) bond motifs is 1. The van der Waals surface area contributed by atoms with E-state index in [0.717, 1.165) is 42.6 Å². The molecule has 27 heavy (non-hydrogen) atoms. The van der Waals surface area contributed by atoms with Crippen LogP contribution in [-0.4, -0.2) is 43.7 Å². The van der Waals surface area contributed by atoms with Crippen LogP contribution < -0.4 is 0 Å². The minimum absolute atomic E-state index is 0.250. The Morgan fingerprint density at radius 2 is 1.93 bits per heavy atom. The molecule has 1 aromatic heterocycles. The minimum atomic E-state index is -1.14. The predicted molar refractivity (Wildman–Crippen MR) is 101 cm³/mol. The topological polar surface area (TPSA) is 75.4 Å². The van der Waals surface area contributed by atoms with Gasteiger partial charge < -0.3 is 10.0 Å². The number of aliphatic carboxylic acids is 1. The number of benzene rings is 1. The van der Waals surface area contributed by atoms with Gasteiger partial charge in [0, 0.05) is 17.8 Å². The van der Waals surface area contributed by atoms with Crippen LogP contribution in [0.5, 0.6) is 0 Å². The number of amides is 1. The second kappa shape index (κ2) is 6.51. The van der Waals surface area contributed by atoms with Crippen molar-refractivity contribution in [1.82, 2.24) is 14.7 Å². The van der Waals surface area contributed by atoms with Gasteiger partial charge >= 0.3 is 5.97 Å². The van der Waals surface area contributed by atoms with Crippen LogP contribution in [-0.2, 0) is 24.1 Å². The molecule has 0 spiro atoms. The van der Waals surface area contributed by atoms with Gasteiger partial charge in [0.1, 0.15) is 5.54 Å². The zero-order chi connectivity index (χ0) is 19.2. The summed E-state index contributed by atoms with van der Waals surface area (Å²) in [6.07, 6.45) is 4.87. The van der Waals surface area contributed by atoms with Crippen LogP contribution >= 0.6 is 0 Å². The van der Waals surface area contributed by atoms with Gasteiger partial charge in [-0.3, -0.25) is 4.79 Å². The number of aryl methyl sites for hydroxylation is 1. The highest BCUT2D eigenvalue weighted by Crippen LogP contribution is 2.34. The molecule has 6 nitrogen and oxygen atoms in total. The monoisotopic (exact) mass is 367 g/mol. The Hall–Kier alpha value is -2.63. The fraction of sp³-hybridized carbons (Fsp3) is 0.476. The van der Waals surface area contributed by atoms with Gasteiger partial charge in [-0.05, 0) is 63.1 Å². The zero-order valence-corrected chi connectivity index (χ0v) is 15.9. The summed E-state index contributed by atoms with van der Waals surface area (Å²) < 4.78 is 1.88. The predicted octanol–water partition coefficient (Wildman–Crippen LogP) is 3.00. The SMILES string of the molecule is CCc1ccc(-n2nc(C(=O)N3CCCC3(C)C(=O)O)c3c2CCC3)cc1. The summed E-state index contributed by atoms with van der Waals surface area (Å²) >= 11 is 0. The van der Waals surface area contributed by atoms with Crippen LogP contribution in [0.25, 0.3) is 5.69 Å². The number of hydrogen-bond acceptors (Lipinski definition) is 3. The van der Waals surface area contributed by atoms with Crippen molar-refractivity contribution in [2.75, 3.05) is 6.54 Å². The first-order valence-electron chi connectivity index (χ1n) is 9.71. The summed E-state index contributed by atoms with van der Waals surface area (Å²) in [6, 6.07) is 8.25. The molecule has 2 aliphatic rings. The van der Waals surface area contributed by atoms with Crippen LogP contribution in [0.2, 0.25) is 0 Å². The third-order valence-corrected chi connectivity index (χ3v) is 6.07. The molecular weight excluding hydrogens is 342 g/mol.